The van der Waals surface area contributed by atoms with E-state index in [0.29, 0.717) is 17.5 Å². The lowest BCUT2D eigenvalue weighted by Crippen LogP contribution is -2.26. The Kier molecular flexibility index (Phi) is 7.61. The SMILES string of the molecule is C=C/C(=C\C)c1nc(-c2ccccc2)nc(-c2cccc(-c3ccc4c(c3)-c3ccccc3C43C(/C=C\C)=C(CC)c4ccccc43)c2)n1. The Morgan fingerprint density at radius 1 is 0.612 bits per heavy atom. The molecular formula is C46H37N3. The molecule has 0 fully saturated rings. The summed E-state index contributed by atoms with van der Waals surface area (Å²) in [6, 6.07) is 43.6. The highest BCUT2D eigenvalue weighted by Gasteiger charge is 2.51. The second kappa shape index (κ2) is 12.3. The van der Waals surface area contributed by atoms with E-state index in [1.807, 2.05) is 43.3 Å². The molecule has 236 valence electrons. The lowest BCUT2D eigenvalue weighted by Gasteiger charge is -2.31. The number of nitrogens with zero attached hydrogens (tertiary/aromatic N) is 3. The molecule has 8 rings (SSSR count). The Labute approximate surface area is 288 Å². The van der Waals surface area contributed by atoms with Gasteiger partial charge in [-0.15, -0.1) is 0 Å². The zero-order valence-electron chi connectivity index (χ0n) is 28.1. The summed E-state index contributed by atoms with van der Waals surface area (Å²) in [5.74, 6) is 1.88. The van der Waals surface area contributed by atoms with Crippen LogP contribution < -0.4 is 0 Å². The quantitative estimate of drug-likeness (QED) is 0.165. The van der Waals surface area contributed by atoms with E-state index in [4.69, 9.17) is 15.0 Å². The second-order valence-electron chi connectivity index (χ2n) is 12.5. The van der Waals surface area contributed by atoms with Gasteiger partial charge in [-0.2, -0.15) is 0 Å². The van der Waals surface area contributed by atoms with Gasteiger partial charge in [-0.1, -0.05) is 147 Å². The van der Waals surface area contributed by atoms with Crippen LogP contribution in [0, 0.1) is 0 Å². The van der Waals surface area contributed by atoms with Gasteiger partial charge in [0, 0.05) is 16.7 Å². The molecule has 0 amide bonds. The average molecular weight is 632 g/mol. The van der Waals surface area contributed by atoms with Crippen LogP contribution in [0.4, 0.5) is 0 Å². The van der Waals surface area contributed by atoms with E-state index in [-0.39, 0.29) is 5.41 Å². The number of allylic oxidation sites excluding steroid dienone is 7. The molecule has 1 unspecified atom stereocenters. The molecule has 5 aromatic carbocycles. The Hall–Kier alpha value is -5.93. The summed E-state index contributed by atoms with van der Waals surface area (Å²) in [5.41, 5.74) is 15.5. The van der Waals surface area contributed by atoms with E-state index in [0.717, 1.165) is 34.2 Å². The monoisotopic (exact) mass is 631 g/mol. The number of aromatic nitrogens is 3. The van der Waals surface area contributed by atoms with Crippen molar-refractivity contribution in [2.45, 2.75) is 32.6 Å². The molecular weight excluding hydrogens is 595 g/mol. The predicted molar refractivity (Wildman–Crippen MR) is 204 cm³/mol. The van der Waals surface area contributed by atoms with E-state index < -0.39 is 0 Å². The van der Waals surface area contributed by atoms with Crippen molar-refractivity contribution >= 4 is 11.1 Å². The van der Waals surface area contributed by atoms with Gasteiger partial charge in [0.2, 0.25) is 0 Å². The smallest absolute Gasteiger partial charge is 0.164 e. The summed E-state index contributed by atoms with van der Waals surface area (Å²) in [7, 11) is 0. The average Bonchev–Trinajstić information content (AvgIpc) is 3.62. The van der Waals surface area contributed by atoms with Crippen LogP contribution in [0.2, 0.25) is 0 Å². The van der Waals surface area contributed by atoms with E-state index in [1.54, 1.807) is 6.08 Å². The third kappa shape index (κ3) is 4.69. The highest BCUT2D eigenvalue weighted by Crippen LogP contribution is 2.62. The van der Waals surface area contributed by atoms with E-state index >= 15 is 0 Å². The van der Waals surface area contributed by atoms with Gasteiger partial charge < -0.3 is 0 Å². The number of hydrogen-bond acceptors (Lipinski definition) is 3. The van der Waals surface area contributed by atoms with Crippen molar-refractivity contribution in [3.63, 3.8) is 0 Å². The van der Waals surface area contributed by atoms with Crippen LogP contribution in [0.1, 0.15) is 55.3 Å². The van der Waals surface area contributed by atoms with Crippen LogP contribution in [0.5, 0.6) is 0 Å². The Balaban J connectivity index is 1.29. The van der Waals surface area contributed by atoms with Gasteiger partial charge in [-0.3, -0.25) is 0 Å². The number of rotatable bonds is 7. The maximum absolute atomic E-state index is 4.96. The van der Waals surface area contributed by atoms with Gasteiger partial charge in [0.1, 0.15) is 0 Å². The fourth-order valence-electron chi connectivity index (χ4n) is 7.93. The van der Waals surface area contributed by atoms with Crippen LogP contribution in [0.15, 0.2) is 158 Å². The molecule has 0 radical (unpaired) electrons. The first-order valence-corrected chi connectivity index (χ1v) is 17.0. The van der Waals surface area contributed by atoms with Gasteiger partial charge in [-0.05, 0) is 88.1 Å². The number of benzene rings is 5. The van der Waals surface area contributed by atoms with Gasteiger partial charge in [0.15, 0.2) is 17.5 Å². The van der Waals surface area contributed by atoms with Crippen LogP contribution in [-0.4, -0.2) is 15.0 Å². The molecule has 1 atom stereocenters. The lowest BCUT2D eigenvalue weighted by molar-refractivity contribution is 0.785. The zero-order chi connectivity index (χ0) is 33.5. The molecule has 3 heteroatoms. The highest BCUT2D eigenvalue weighted by molar-refractivity contribution is 5.96. The standard InChI is InChI=1S/C46H37N3/c1-5-17-39-35(8-4)36-22-12-14-24-40(36)46(39)41-25-15-13-23-37(41)38-29-33(26-27-42(38)46)32-20-16-21-34(28-32)45-48-43(30(6-2)7-3)47-44(49-45)31-18-10-9-11-19-31/h5-7,9-29H,2,8H2,1,3-4H3/b17-5-,30-7+. The fourth-order valence-corrected chi connectivity index (χ4v) is 7.93. The van der Waals surface area contributed by atoms with Gasteiger partial charge in [0.25, 0.3) is 0 Å². The largest absolute Gasteiger partial charge is 0.208 e. The summed E-state index contributed by atoms with van der Waals surface area (Å²) in [4.78, 5) is 14.7. The molecule has 0 saturated heterocycles. The van der Waals surface area contributed by atoms with Crippen molar-refractivity contribution in [1.29, 1.82) is 0 Å². The maximum Gasteiger partial charge on any atom is 0.164 e. The summed E-state index contributed by atoms with van der Waals surface area (Å²) in [6.45, 7) is 10.4. The third-order valence-electron chi connectivity index (χ3n) is 10.0. The fraction of sp³-hybridized carbons (Fsp3) is 0.109. The molecule has 49 heavy (non-hydrogen) atoms. The summed E-state index contributed by atoms with van der Waals surface area (Å²) in [5, 5.41) is 0. The van der Waals surface area contributed by atoms with Crippen molar-refractivity contribution in [3.05, 3.63) is 186 Å². The first-order chi connectivity index (χ1) is 24.1. The predicted octanol–water partition coefficient (Wildman–Crippen LogP) is 11.5. The molecule has 1 aromatic heterocycles. The minimum atomic E-state index is -0.342. The molecule has 0 N–H and O–H groups in total. The summed E-state index contributed by atoms with van der Waals surface area (Å²) in [6.07, 6.45) is 9.30. The first-order valence-electron chi connectivity index (χ1n) is 17.0. The summed E-state index contributed by atoms with van der Waals surface area (Å²) < 4.78 is 0. The number of hydrogen-bond donors (Lipinski definition) is 0. The Morgan fingerprint density at radius 2 is 1.22 bits per heavy atom. The molecule has 2 aliphatic rings. The van der Waals surface area contributed by atoms with Crippen LogP contribution in [-0.2, 0) is 5.41 Å². The highest BCUT2D eigenvalue weighted by atomic mass is 15.0. The molecule has 6 aromatic rings. The first kappa shape index (κ1) is 30.4. The summed E-state index contributed by atoms with van der Waals surface area (Å²) >= 11 is 0. The minimum Gasteiger partial charge on any atom is -0.208 e. The third-order valence-corrected chi connectivity index (χ3v) is 10.0. The molecule has 1 heterocycles. The molecule has 0 bridgehead atoms. The van der Waals surface area contributed by atoms with E-state index in [9.17, 15) is 0 Å². The lowest BCUT2D eigenvalue weighted by atomic mass is 9.69. The van der Waals surface area contributed by atoms with Crippen molar-refractivity contribution in [2.75, 3.05) is 0 Å². The molecule has 0 saturated carbocycles. The van der Waals surface area contributed by atoms with Crippen molar-refractivity contribution in [3.8, 4) is 45.0 Å². The molecule has 2 aliphatic carbocycles. The Morgan fingerprint density at radius 3 is 1.94 bits per heavy atom. The van der Waals surface area contributed by atoms with E-state index in [1.165, 1.54) is 44.5 Å². The second-order valence-corrected chi connectivity index (χ2v) is 12.5. The molecule has 0 aliphatic heterocycles. The van der Waals surface area contributed by atoms with Crippen LogP contribution in [0.25, 0.3) is 56.2 Å². The zero-order valence-corrected chi connectivity index (χ0v) is 28.1. The van der Waals surface area contributed by atoms with Crippen molar-refractivity contribution in [1.82, 2.24) is 15.0 Å². The number of fused-ring (bicyclic) bond motifs is 7. The van der Waals surface area contributed by atoms with Gasteiger partial charge >= 0.3 is 0 Å². The normalized spacial score (nSPS) is 16.3. The van der Waals surface area contributed by atoms with Gasteiger partial charge in [-0.25, -0.2) is 15.0 Å². The van der Waals surface area contributed by atoms with Gasteiger partial charge in [0.05, 0.1) is 5.41 Å². The minimum absolute atomic E-state index is 0.342. The van der Waals surface area contributed by atoms with Crippen LogP contribution >= 0.6 is 0 Å². The Bertz CT molecular complexity index is 2360. The molecule has 1 spiro atoms. The van der Waals surface area contributed by atoms with Crippen molar-refractivity contribution in [2.24, 2.45) is 0 Å². The molecule has 3 nitrogen and oxygen atoms in total. The topological polar surface area (TPSA) is 38.7 Å². The van der Waals surface area contributed by atoms with E-state index in [2.05, 4.69) is 124 Å². The maximum atomic E-state index is 4.96. The van der Waals surface area contributed by atoms with Crippen LogP contribution in [0.3, 0.4) is 0 Å². The van der Waals surface area contributed by atoms with Crippen molar-refractivity contribution < 1.29 is 0 Å².